The minimum atomic E-state index is -0.295. The molecule has 0 spiro atoms. The molecular weight excluding hydrogens is 606 g/mol. The Labute approximate surface area is 283 Å². The summed E-state index contributed by atoms with van der Waals surface area (Å²) in [7, 11) is 0. The van der Waals surface area contributed by atoms with E-state index in [0.29, 0.717) is 56.0 Å². The number of nitrogens with two attached hydrogens (primary N) is 3. The molecule has 0 aliphatic carbocycles. The molecule has 0 aromatic heterocycles. The molecule has 0 fully saturated rings. The van der Waals surface area contributed by atoms with Crippen LogP contribution in [-0.4, -0.2) is 96.3 Å². The largest absolute Gasteiger partial charge is 0.352 e. The average molecular weight is 670 g/mol. The number of rotatable bonds is 30. The Hall–Kier alpha value is -2.32. The quantitative estimate of drug-likeness (QED) is 0.0546. The van der Waals surface area contributed by atoms with Gasteiger partial charge in [-0.1, -0.05) is 0 Å². The first-order valence-corrected chi connectivity index (χ1v) is 17.3. The van der Waals surface area contributed by atoms with E-state index in [2.05, 4.69) is 31.9 Å². The number of hydrogen-bond acceptors (Lipinski definition) is 9. The van der Waals surface area contributed by atoms with Crippen molar-refractivity contribution in [2.24, 2.45) is 17.2 Å². The van der Waals surface area contributed by atoms with Gasteiger partial charge < -0.3 is 49.1 Å². The third kappa shape index (κ3) is 23.1. The first-order chi connectivity index (χ1) is 22.0. The number of unbranched alkanes of at least 4 members (excludes halogenated alkanes) is 6. The van der Waals surface area contributed by atoms with E-state index in [9.17, 15) is 14.4 Å². The van der Waals surface area contributed by atoms with Crippen molar-refractivity contribution in [2.75, 3.05) is 78.5 Å². The van der Waals surface area contributed by atoms with E-state index in [1.54, 1.807) is 18.2 Å². The minimum absolute atomic E-state index is 0. The molecule has 0 saturated heterocycles. The van der Waals surface area contributed by atoms with Crippen LogP contribution in [0.4, 0.5) is 0 Å². The molecule has 0 saturated carbocycles. The summed E-state index contributed by atoms with van der Waals surface area (Å²) in [5.74, 6) is -0.886. The van der Waals surface area contributed by atoms with Crippen LogP contribution in [0.2, 0.25) is 0 Å². The minimum Gasteiger partial charge on any atom is -0.352 e. The lowest BCUT2D eigenvalue weighted by molar-refractivity contribution is 0.0952. The summed E-state index contributed by atoms with van der Waals surface area (Å²) in [6.07, 6.45) is 11.5. The van der Waals surface area contributed by atoms with Crippen molar-refractivity contribution >= 4 is 30.1 Å². The molecule has 1 aromatic rings. The monoisotopic (exact) mass is 669 g/mol. The smallest absolute Gasteiger partial charge is 0.251 e. The van der Waals surface area contributed by atoms with Gasteiger partial charge in [-0.05, 0) is 154 Å². The second kappa shape index (κ2) is 31.3. The number of benzene rings is 1. The number of halogens is 1. The summed E-state index contributed by atoms with van der Waals surface area (Å²) in [6.45, 7) is 9.17. The maximum absolute atomic E-state index is 13.0. The molecule has 266 valence electrons. The Morgan fingerprint density at radius 2 is 0.609 bits per heavy atom. The third-order valence-corrected chi connectivity index (χ3v) is 7.34. The van der Waals surface area contributed by atoms with Crippen LogP contribution in [0, 0.1) is 0 Å². The Bertz CT molecular complexity index is 798. The Kier molecular flexibility index (Phi) is 29.7. The van der Waals surface area contributed by atoms with Gasteiger partial charge in [-0.3, -0.25) is 14.4 Å². The highest BCUT2D eigenvalue weighted by Crippen LogP contribution is 2.12. The molecule has 0 radical (unpaired) electrons. The Balaban J connectivity index is 0.0000202. The normalized spacial score (nSPS) is 10.8. The van der Waals surface area contributed by atoms with Crippen LogP contribution in [0.5, 0.6) is 0 Å². The van der Waals surface area contributed by atoms with Crippen LogP contribution in [0.3, 0.4) is 0 Å². The zero-order chi connectivity index (χ0) is 32.8. The molecule has 46 heavy (non-hydrogen) atoms. The maximum atomic E-state index is 13.0. The summed E-state index contributed by atoms with van der Waals surface area (Å²) in [6, 6.07) is 4.70. The van der Waals surface area contributed by atoms with Crippen molar-refractivity contribution in [3.05, 3.63) is 34.9 Å². The second-order valence-electron chi connectivity index (χ2n) is 11.4. The van der Waals surface area contributed by atoms with Gasteiger partial charge in [0, 0.05) is 36.3 Å². The highest BCUT2D eigenvalue weighted by atomic mass is 35.5. The number of hydrogen-bond donors (Lipinski definition) is 9. The third-order valence-electron chi connectivity index (χ3n) is 7.34. The van der Waals surface area contributed by atoms with Gasteiger partial charge in [0.15, 0.2) is 0 Å². The predicted molar refractivity (Wildman–Crippen MR) is 192 cm³/mol. The van der Waals surface area contributed by atoms with Crippen molar-refractivity contribution in [1.82, 2.24) is 31.9 Å². The van der Waals surface area contributed by atoms with E-state index in [0.717, 1.165) is 116 Å². The van der Waals surface area contributed by atoms with Gasteiger partial charge in [0.1, 0.15) is 0 Å². The second-order valence-corrected chi connectivity index (χ2v) is 11.4. The highest BCUT2D eigenvalue weighted by Gasteiger charge is 2.16. The fraction of sp³-hybridized carbons (Fsp3) is 0.727. The molecule has 12 nitrogen and oxygen atoms in total. The van der Waals surface area contributed by atoms with Crippen molar-refractivity contribution < 1.29 is 14.4 Å². The topological polar surface area (TPSA) is 201 Å². The van der Waals surface area contributed by atoms with E-state index in [1.165, 1.54) is 0 Å². The van der Waals surface area contributed by atoms with Crippen LogP contribution in [0.25, 0.3) is 0 Å². The standard InChI is InChI=1S/C33H63N9O3.ClH/c34-13-1-4-16-37-19-7-10-22-40-31(43)28-25-29(32(44)41-23-11-8-20-38-17-5-2-14-35)27-30(26-28)33(45)42-24-12-9-21-39-18-6-3-15-36;/h25-27,37-39H,1-24,34-36H2,(H,40,43)(H,41,44)(H,42,45);1H. The Morgan fingerprint density at radius 1 is 0.391 bits per heavy atom. The van der Waals surface area contributed by atoms with E-state index in [-0.39, 0.29) is 30.1 Å². The highest BCUT2D eigenvalue weighted by molar-refractivity contribution is 6.04. The molecule has 0 heterocycles. The lowest BCUT2D eigenvalue weighted by Crippen LogP contribution is -2.30. The fourth-order valence-corrected chi connectivity index (χ4v) is 4.62. The predicted octanol–water partition coefficient (Wildman–Crippen LogP) is 1.62. The van der Waals surface area contributed by atoms with Crippen LogP contribution in [-0.2, 0) is 0 Å². The first-order valence-electron chi connectivity index (χ1n) is 17.3. The van der Waals surface area contributed by atoms with Crippen LogP contribution >= 0.6 is 12.4 Å². The molecule has 0 unspecified atom stereocenters. The van der Waals surface area contributed by atoms with Crippen molar-refractivity contribution in [2.45, 2.75) is 77.0 Å². The van der Waals surface area contributed by atoms with Crippen molar-refractivity contribution in [3.8, 4) is 0 Å². The van der Waals surface area contributed by atoms with Gasteiger partial charge in [0.25, 0.3) is 17.7 Å². The van der Waals surface area contributed by atoms with Gasteiger partial charge >= 0.3 is 0 Å². The van der Waals surface area contributed by atoms with Gasteiger partial charge in [0.2, 0.25) is 0 Å². The van der Waals surface area contributed by atoms with Gasteiger partial charge in [-0.2, -0.15) is 0 Å². The first kappa shape index (κ1) is 43.7. The van der Waals surface area contributed by atoms with Gasteiger partial charge in [-0.25, -0.2) is 0 Å². The number of nitrogens with one attached hydrogen (secondary N) is 6. The van der Waals surface area contributed by atoms with Crippen molar-refractivity contribution in [1.29, 1.82) is 0 Å². The average Bonchev–Trinajstić information content (AvgIpc) is 3.05. The van der Waals surface area contributed by atoms with Crippen molar-refractivity contribution in [3.63, 3.8) is 0 Å². The van der Waals surface area contributed by atoms with Gasteiger partial charge in [-0.15, -0.1) is 12.4 Å². The van der Waals surface area contributed by atoms with E-state index < -0.39 is 0 Å². The molecule has 0 bridgehead atoms. The SMILES string of the molecule is Cl.NCCCCNCCCCNC(=O)c1cc(C(=O)NCCCCNCCCCN)cc(C(=O)NCCCCNCCCCN)c1. The number of carbonyl (C=O) groups is 3. The molecule has 1 aromatic carbocycles. The number of amides is 3. The van der Waals surface area contributed by atoms with E-state index in [4.69, 9.17) is 17.2 Å². The molecule has 13 heteroatoms. The summed E-state index contributed by atoms with van der Waals surface area (Å²) >= 11 is 0. The fourth-order valence-electron chi connectivity index (χ4n) is 4.62. The molecule has 3 amide bonds. The Morgan fingerprint density at radius 3 is 0.848 bits per heavy atom. The zero-order valence-electron chi connectivity index (χ0n) is 28.1. The lowest BCUT2D eigenvalue weighted by Gasteiger charge is -2.12. The molecule has 0 atom stereocenters. The zero-order valence-corrected chi connectivity index (χ0v) is 28.9. The summed E-state index contributed by atoms with van der Waals surface area (Å²) in [5, 5.41) is 19.0. The summed E-state index contributed by atoms with van der Waals surface area (Å²) in [5.41, 5.74) is 17.5. The van der Waals surface area contributed by atoms with E-state index in [1.807, 2.05) is 0 Å². The molecule has 0 aliphatic rings. The summed E-state index contributed by atoms with van der Waals surface area (Å²) < 4.78 is 0. The molecule has 12 N–H and O–H groups in total. The van der Waals surface area contributed by atoms with Gasteiger partial charge in [0.05, 0.1) is 0 Å². The maximum Gasteiger partial charge on any atom is 0.251 e. The summed E-state index contributed by atoms with van der Waals surface area (Å²) in [4.78, 5) is 39.1. The number of carbonyl (C=O) groups excluding carboxylic acids is 3. The molecule has 1 rings (SSSR count). The van der Waals surface area contributed by atoms with E-state index >= 15 is 0 Å². The lowest BCUT2D eigenvalue weighted by atomic mass is 10.0. The van der Waals surface area contributed by atoms with Crippen LogP contribution in [0.15, 0.2) is 18.2 Å². The van der Waals surface area contributed by atoms with Crippen LogP contribution < -0.4 is 49.1 Å². The molecule has 0 aliphatic heterocycles. The molecular formula is C33H64ClN9O3. The van der Waals surface area contributed by atoms with Crippen LogP contribution in [0.1, 0.15) is 108 Å².